The highest BCUT2D eigenvalue weighted by atomic mass is 16.7. The zero-order valence-corrected chi connectivity index (χ0v) is 15.7. The molecule has 0 aromatic carbocycles. The first-order chi connectivity index (χ1) is 12.0. The van der Waals surface area contributed by atoms with Crippen LogP contribution in [0, 0.1) is 0 Å². The minimum atomic E-state index is -0.369. The topological polar surface area (TPSA) is 84.4 Å². The predicted octanol–water partition coefficient (Wildman–Crippen LogP) is 0.332. The quantitative estimate of drug-likeness (QED) is 0.389. The fraction of sp³-hybridized carbons (Fsp3) is 0.882. The number of guanidine groups is 1. The van der Waals surface area contributed by atoms with Crippen LogP contribution in [0.3, 0.4) is 0 Å². The zero-order chi connectivity index (χ0) is 18.1. The highest BCUT2D eigenvalue weighted by Crippen LogP contribution is 2.37. The Morgan fingerprint density at radius 2 is 2.04 bits per heavy atom. The molecule has 0 aromatic rings. The third-order valence-corrected chi connectivity index (χ3v) is 4.50. The molecule has 1 saturated carbocycles. The lowest BCUT2D eigenvalue weighted by molar-refractivity contribution is -0.186. The molecule has 0 bridgehead atoms. The van der Waals surface area contributed by atoms with Crippen LogP contribution in [0.4, 0.5) is 0 Å². The molecule has 8 heteroatoms. The van der Waals surface area contributed by atoms with Gasteiger partial charge in [0.25, 0.3) is 0 Å². The third kappa shape index (κ3) is 6.45. The van der Waals surface area contributed by atoms with Gasteiger partial charge >= 0.3 is 0 Å². The first-order valence-corrected chi connectivity index (χ1v) is 9.08. The number of nitrogens with zero attached hydrogens (tertiary/aromatic N) is 2. The molecule has 0 radical (unpaired) electrons. The Bertz CT molecular complexity index is 450. The highest BCUT2D eigenvalue weighted by molar-refractivity contribution is 5.84. The second-order valence-corrected chi connectivity index (χ2v) is 6.78. The molecular formula is C17H32N4O4. The number of rotatable bonds is 7. The summed E-state index contributed by atoms with van der Waals surface area (Å²) in [5.41, 5.74) is 0. The maximum atomic E-state index is 11.7. The van der Waals surface area contributed by atoms with Crippen LogP contribution in [-0.2, 0) is 19.0 Å². The average Bonchev–Trinajstić information content (AvgIpc) is 2.99. The number of aliphatic imine (C=N–C) groups is 1. The Labute approximate surface area is 150 Å². The van der Waals surface area contributed by atoms with E-state index in [2.05, 4.69) is 15.6 Å². The number of ether oxygens (including phenoxy) is 3. The van der Waals surface area contributed by atoms with E-state index in [1.807, 2.05) is 0 Å². The van der Waals surface area contributed by atoms with E-state index < -0.39 is 0 Å². The van der Waals surface area contributed by atoms with Crippen molar-refractivity contribution in [2.45, 2.75) is 44.0 Å². The Kier molecular flexibility index (Phi) is 7.92. The number of carbonyl (C=O) groups is 1. The largest absolute Gasteiger partial charge is 0.383 e. The average molecular weight is 356 g/mol. The molecule has 1 unspecified atom stereocenters. The number of hydrogen-bond acceptors (Lipinski definition) is 5. The Hall–Kier alpha value is -1.38. The van der Waals surface area contributed by atoms with Gasteiger partial charge in [-0.05, 0) is 12.8 Å². The van der Waals surface area contributed by atoms with Gasteiger partial charge in [-0.3, -0.25) is 4.79 Å². The van der Waals surface area contributed by atoms with Crippen LogP contribution >= 0.6 is 0 Å². The van der Waals surface area contributed by atoms with Gasteiger partial charge in [0.15, 0.2) is 11.7 Å². The van der Waals surface area contributed by atoms with Crippen molar-refractivity contribution in [1.29, 1.82) is 0 Å². The van der Waals surface area contributed by atoms with Gasteiger partial charge < -0.3 is 29.7 Å². The molecule has 8 nitrogen and oxygen atoms in total. The standard InChI is InChI=1S/C17H32N4O4/c1-21(2)15(22)12-20-16(18-9-10-23-3)19-11-14-13-24-17(25-14)7-5-4-6-8-17/h14H,4-13H2,1-3H3,(H2,18,19,20). The van der Waals surface area contributed by atoms with Crippen LogP contribution in [0.5, 0.6) is 0 Å². The molecule has 1 aliphatic heterocycles. The summed E-state index contributed by atoms with van der Waals surface area (Å²) in [4.78, 5) is 17.6. The van der Waals surface area contributed by atoms with E-state index in [-0.39, 0.29) is 24.3 Å². The second kappa shape index (κ2) is 9.94. The fourth-order valence-corrected chi connectivity index (χ4v) is 3.01. The SMILES string of the molecule is COCCNC(=NCC(=O)N(C)C)NCC1COC2(CCCCC2)O1. The highest BCUT2D eigenvalue weighted by Gasteiger charge is 2.42. The van der Waals surface area contributed by atoms with E-state index in [0.717, 1.165) is 25.7 Å². The van der Waals surface area contributed by atoms with Gasteiger partial charge in [0.1, 0.15) is 12.6 Å². The lowest BCUT2D eigenvalue weighted by atomic mass is 9.94. The minimum Gasteiger partial charge on any atom is -0.383 e. The zero-order valence-electron chi connectivity index (χ0n) is 15.7. The second-order valence-electron chi connectivity index (χ2n) is 6.78. The van der Waals surface area contributed by atoms with E-state index in [9.17, 15) is 4.79 Å². The molecule has 1 amide bonds. The van der Waals surface area contributed by atoms with Crippen molar-refractivity contribution < 1.29 is 19.0 Å². The Morgan fingerprint density at radius 3 is 2.72 bits per heavy atom. The molecule has 0 aromatic heterocycles. The molecule has 1 atom stereocenters. The summed E-state index contributed by atoms with van der Waals surface area (Å²) in [6.45, 7) is 2.46. The summed E-state index contributed by atoms with van der Waals surface area (Å²) in [7, 11) is 5.09. The van der Waals surface area contributed by atoms with Gasteiger partial charge in [-0.1, -0.05) is 6.42 Å². The minimum absolute atomic E-state index is 0.00271. The van der Waals surface area contributed by atoms with E-state index in [1.54, 1.807) is 21.2 Å². The molecule has 25 heavy (non-hydrogen) atoms. The molecule has 2 rings (SSSR count). The molecular weight excluding hydrogens is 324 g/mol. The van der Waals surface area contributed by atoms with Crippen LogP contribution in [-0.4, -0.2) is 82.7 Å². The third-order valence-electron chi connectivity index (χ3n) is 4.50. The molecule has 1 saturated heterocycles. The number of methoxy groups -OCH3 is 1. The predicted molar refractivity (Wildman–Crippen MR) is 95.5 cm³/mol. The lowest BCUT2D eigenvalue weighted by Gasteiger charge is -2.31. The van der Waals surface area contributed by atoms with E-state index in [4.69, 9.17) is 14.2 Å². The van der Waals surface area contributed by atoms with Gasteiger partial charge in [-0.15, -0.1) is 0 Å². The van der Waals surface area contributed by atoms with Gasteiger partial charge in [0.2, 0.25) is 5.91 Å². The first kappa shape index (κ1) is 19.9. The Balaban J connectivity index is 1.81. The summed E-state index contributed by atoms with van der Waals surface area (Å²) in [6.07, 6.45) is 5.55. The first-order valence-electron chi connectivity index (χ1n) is 9.08. The van der Waals surface area contributed by atoms with Crippen molar-refractivity contribution in [1.82, 2.24) is 15.5 Å². The van der Waals surface area contributed by atoms with Gasteiger partial charge in [-0.2, -0.15) is 0 Å². The summed E-state index contributed by atoms with van der Waals surface area (Å²) >= 11 is 0. The van der Waals surface area contributed by atoms with E-state index in [0.29, 0.717) is 32.3 Å². The summed E-state index contributed by atoms with van der Waals surface area (Å²) in [5.74, 6) is 0.168. The van der Waals surface area contributed by atoms with Crippen molar-refractivity contribution in [2.24, 2.45) is 4.99 Å². The molecule has 1 aliphatic carbocycles. The molecule has 2 aliphatic rings. The summed E-state index contributed by atoms with van der Waals surface area (Å²) < 4.78 is 17.2. The van der Waals surface area contributed by atoms with Crippen molar-refractivity contribution in [3.8, 4) is 0 Å². The van der Waals surface area contributed by atoms with E-state index >= 15 is 0 Å². The van der Waals surface area contributed by atoms with Crippen molar-refractivity contribution in [3.63, 3.8) is 0 Å². The van der Waals surface area contributed by atoms with Gasteiger partial charge in [0, 0.05) is 47.1 Å². The smallest absolute Gasteiger partial charge is 0.243 e. The van der Waals surface area contributed by atoms with E-state index in [1.165, 1.54) is 11.3 Å². The van der Waals surface area contributed by atoms with Crippen LogP contribution in [0.15, 0.2) is 4.99 Å². The van der Waals surface area contributed by atoms with Gasteiger partial charge in [-0.25, -0.2) is 4.99 Å². The monoisotopic (exact) mass is 356 g/mol. The normalized spacial score (nSPS) is 22.8. The molecule has 144 valence electrons. The maximum absolute atomic E-state index is 11.7. The van der Waals surface area contributed by atoms with Crippen molar-refractivity contribution >= 4 is 11.9 Å². The number of likely N-dealkylation sites (N-methyl/N-ethyl adjacent to an activating group) is 1. The molecule has 1 spiro atoms. The molecule has 2 fully saturated rings. The summed E-state index contributed by atoms with van der Waals surface area (Å²) in [5, 5.41) is 6.40. The van der Waals surface area contributed by atoms with Crippen LogP contribution in [0.1, 0.15) is 32.1 Å². The number of carbonyl (C=O) groups excluding carboxylic acids is 1. The van der Waals surface area contributed by atoms with Crippen LogP contribution in [0.2, 0.25) is 0 Å². The summed E-state index contributed by atoms with van der Waals surface area (Å²) in [6, 6.07) is 0. The molecule has 2 N–H and O–H groups in total. The van der Waals surface area contributed by atoms with Gasteiger partial charge in [0.05, 0.1) is 13.2 Å². The Morgan fingerprint density at radius 1 is 1.28 bits per heavy atom. The van der Waals surface area contributed by atoms with Crippen LogP contribution < -0.4 is 10.6 Å². The number of nitrogens with one attached hydrogen (secondary N) is 2. The van der Waals surface area contributed by atoms with Crippen molar-refractivity contribution in [2.75, 3.05) is 54.1 Å². The van der Waals surface area contributed by atoms with Crippen LogP contribution in [0.25, 0.3) is 0 Å². The maximum Gasteiger partial charge on any atom is 0.243 e. The number of hydrogen-bond donors (Lipinski definition) is 2. The fourth-order valence-electron chi connectivity index (χ4n) is 3.01. The number of amides is 1. The molecule has 1 heterocycles. The lowest BCUT2D eigenvalue weighted by Crippen LogP contribution is -2.44. The van der Waals surface area contributed by atoms with Crippen molar-refractivity contribution in [3.05, 3.63) is 0 Å².